The number of rotatable bonds is 4. The molecule has 0 atom stereocenters. The predicted octanol–water partition coefficient (Wildman–Crippen LogP) is 1.48. The topological polar surface area (TPSA) is 84.7 Å². The van der Waals surface area contributed by atoms with Crippen molar-refractivity contribution in [3.8, 4) is 0 Å². The van der Waals surface area contributed by atoms with Crippen LogP contribution in [0, 0.1) is 0 Å². The van der Waals surface area contributed by atoms with E-state index in [1.165, 1.54) is 13.5 Å². The van der Waals surface area contributed by atoms with Gasteiger partial charge in [-0.1, -0.05) is 6.07 Å². The molecular formula is C15H21N3O3. The first-order chi connectivity index (χ1) is 10.1. The van der Waals surface area contributed by atoms with E-state index in [0.29, 0.717) is 16.9 Å². The molecule has 1 aliphatic rings. The Morgan fingerprint density at radius 2 is 2.00 bits per heavy atom. The van der Waals surface area contributed by atoms with Crippen molar-refractivity contribution in [3.63, 3.8) is 0 Å². The maximum atomic E-state index is 12.1. The van der Waals surface area contributed by atoms with Crippen LogP contribution < -0.4 is 11.1 Å². The highest BCUT2D eigenvalue weighted by atomic mass is 16.5. The number of esters is 1. The highest BCUT2D eigenvalue weighted by Crippen LogP contribution is 2.23. The van der Waals surface area contributed by atoms with Crippen LogP contribution in [0.2, 0.25) is 0 Å². The Balaban J connectivity index is 1.99. The van der Waals surface area contributed by atoms with E-state index in [1.807, 2.05) is 4.90 Å². The lowest BCUT2D eigenvalue weighted by Gasteiger charge is -2.27. The van der Waals surface area contributed by atoms with Crippen molar-refractivity contribution in [3.05, 3.63) is 23.8 Å². The fourth-order valence-electron chi connectivity index (χ4n) is 2.43. The summed E-state index contributed by atoms with van der Waals surface area (Å²) in [7, 11) is 1.31. The molecule has 1 amide bonds. The van der Waals surface area contributed by atoms with Crippen molar-refractivity contribution in [1.29, 1.82) is 0 Å². The number of nitrogens with two attached hydrogens (primary N) is 1. The van der Waals surface area contributed by atoms with Crippen LogP contribution in [0.25, 0.3) is 0 Å². The van der Waals surface area contributed by atoms with E-state index in [2.05, 4.69) is 10.1 Å². The number of nitrogens with one attached hydrogen (secondary N) is 1. The van der Waals surface area contributed by atoms with Gasteiger partial charge in [-0.25, -0.2) is 4.79 Å². The molecule has 0 aromatic heterocycles. The van der Waals surface area contributed by atoms with Crippen molar-refractivity contribution in [2.45, 2.75) is 19.3 Å². The van der Waals surface area contributed by atoms with Crippen LogP contribution in [-0.4, -0.2) is 43.5 Å². The van der Waals surface area contributed by atoms with Crippen LogP contribution >= 0.6 is 0 Å². The average molecular weight is 291 g/mol. The van der Waals surface area contributed by atoms with Crippen molar-refractivity contribution >= 4 is 23.3 Å². The monoisotopic (exact) mass is 291 g/mol. The Bertz CT molecular complexity index is 525. The number of anilines is 2. The zero-order valence-corrected chi connectivity index (χ0v) is 12.2. The predicted molar refractivity (Wildman–Crippen MR) is 81.1 cm³/mol. The Hall–Kier alpha value is -2.24. The molecule has 3 N–H and O–H groups in total. The van der Waals surface area contributed by atoms with Gasteiger partial charge in [0, 0.05) is 13.1 Å². The number of nitrogen functional groups attached to an aromatic ring is 1. The van der Waals surface area contributed by atoms with E-state index in [4.69, 9.17) is 5.73 Å². The summed E-state index contributed by atoms with van der Waals surface area (Å²) < 4.78 is 4.67. The number of carbonyl (C=O) groups is 2. The first-order valence-electron chi connectivity index (χ1n) is 7.12. The van der Waals surface area contributed by atoms with Crippen LogP contribution in [0.1, 0.15) is 29.6 Å². The molecule has 1 fully saturated rings. The highest BCUT2D eigenvalue weighted by Gasteiger charge is 2.17. The van der Waals surface area contributed by atoms with Crippen LogP contribution in [0.4, 0.5) is 11.4 Å². The highest BCUT2D eigenvalue weighted by molar-refractivity contribution is 5.98. The minimum atomic E-state index is -0.487. The van der Waals surface area contributed by atoms with E-state index in [0.717, 1.165) is 25.9 Å². The van der Waals surface area contributed by atoms with E-state index in [1.54, 1.807) is 18.2 Å². The number of nitrogens with zero attached hydrogens (tertiary/aromatic N) is 1. The summed E-state index contributed by atoms with van der Waals surface area (Å²) in [5.41, 5.74) is 7.11. The maximum Gasteiger partial charge on any atom is 0.340 e. The van der Waals surface area contributed by atoms with E-state index < -0.39 is 5.97 Å². The van der Waals surface area contributed by atoms with Crippen LogP contribution in [0.3, 0.4) is 0 Å². The summed E-state index contributed by atoms with van der Waals surface area (Å²) in [5, 5.41) is 3.01. The molecule has 0 radical (unpaired) electrons. The molecule has 2 rings (SSSR count). The summed E-state index contributed by atoms with van der Waals surface area (Å²) in [6.07, 6.45) is 3.31. The fourth-order valence-corrected chi connectivity index (χ4v) is 2.43. The number of amides is 1. The number of ether oxygens (including phenoxy) is 1. The van der Waals surface area contributed by atoms with Crippen LogP contribution in [0.15, 0.2) is 18.2 Å². The quantitative estimate of drug-likeness (QED) is 0.648. The van der Waals surface area contributed by atoms with E-state index >= 15 is 0 Å². The van der Waals surface area contributed by atoms with Gasteiger partial charge in [0.1, 0.15) is 0 Å². The average Bonchev–Trinajstić information content (AvgIpc) is 2.53. The standard InChI is InChI=1S/C15H21N3O3/c1-21-15(20)11-6-5-7-12(14(11)16)17-10-13(19)18-8-3-2-4-9-18/h5-7,17H,2-4,8-10,16H2,1H3. The van der Waals surface area contributed by atoms with E-state index in [9.17, 15) is 9.59 Å². The number of hydrogen-bond acceptors (Lipinski definition) is 5. The molecule has 6 nitrogen and oxygen atoms in total. The molecule has 1 aliphatic heterocycles. The number of para-hydroxylation sites is 1. The van der Waals surface area contributed by atoms with Gasteiger partial charge in [0.25, 0.3) is 0 Å². The van der Waals surface area contributed by atoms with Gasteiger partial charge < -0.3 is 20.7 Å². The molecule has 0 aliphatic carbocycles. The second-order valence-corrected chi connectivity index (χ2v) is 5.05. The van der Waals surface area contributed by atoms with E-state index in [-0.39, 0.29) is 12.5 Å². The fraction of sp³-hybridized carbons (Fsp3) is 0.467. The Morgan fingerprint density at radius 3 is 2.67 bits per heavy atom. The third-order valence-corrected chi connectivity index (χ3v) is 3.65. The first-order valence-corrected chi connectivity index (χ1v) is 7.12. The van der Waals surface area contributed by atoms with Crippen molar-refractivity contribution in [1.82, 2.24) is 4.90 Å². The molecule has 1 aromatic carbocycles. The normalized spacial score (nSPS) is 14.6. The molecule has 0 bridgehead atoms. The summed E-state index contributed by atoms with van der Waals surface area (Å²) in [5.74, 6) is -0.434. The van der Waals surface area contributed by atoms with Gasteiger partial charge in [-0.05, 0) is 31.4 Å². The van der Waals surface area contributed by atoms with Gasteiger partial charge in [-0.3, -0.25) is 4.79 Å². The lowest BCUT2D eigenvalue weighted by molar-refractivity contribution is -0.130. The van der Waals surface area contributed by atoms with Gasteiger partial charge in [0.2, 0.25) is 5.91 Å². The summed E-state index contributed by atoms with van der Waals surface area (Å²) in [4.78, 5) is 25.5. The Kier molecular flexibility index (Phi) is 5.03. The second-order valence-electron chi connectivity index (χ2n) is 5.05. The molecule has 1 heterocycles. The molecule has 1 saturated heterocycles. The third-order valence-electron chi connectivity index (χ3n) is 3.65. The van der Waals surface area contributed by atoms with Crippen molar-refractivity contribution in [2.24, 2.45) is 0 Å². The second kappa shape index (κ2) is 6.97. The summed E-state index contributed by atoms with van der Waals surface area (Å²) in [6.45, 7) is 1.81. The van der Waals surface area contributed by atoms with Gasteiger partial charge in [0.05, 0.1) is 30.6 Å². The minimum Gasteiger partial charge on any atom is -0.465 e. The number of methoxy groups -OCH3 is 1. The number of piperidine rings is 1. The minimum absolute atomic E-state index is 0.0533. The zero-order valence-electron chi connectivity index (χ0n) is 12.2. The van der Waals surface area contributed by atoms with Crippen LogP contribution in [0.5, 0.6) is 0 Å². The lowest BCUT2D eigenvalue weighted by atomic mass is 10.1. The van der Waals surface area contributed by atoms with Crippen molar-refractivity contribution in [2.75, 3.05) is 37.8 Å². The molecule has 0 spiro atoms. The van der Waals surface area contributed by atoms with Crippen LogP contribution in [-0.2, 0) is 9.53 Å². The molecule has 0 unspecified atom stereocenters. The molecule has 1 aromatic rings. The number of hydrogen-bond donors (Lipinski definition) is 2. The number of likely N-dealkylation sites (tertiary alicyclic amines) is 1. The molecule has 6 heteroatoms. The third kappa shape index (κ3) is 3.65. The number of benzene rings is 1. The Morgan fingerprint density at radius 1 is 1.29 bits per heavy atom. The van der Waals surface area contributed by atoms with Gasteiger partial charge >= 0.3 is 5.97 Å². The largest absolute Gasteiger partial charge is 0.465 e. The number of carbonyl (C=O) groups excluding carboxylic acids is 2. The maximum absolute atomic E-state index is 12.1. The lowest BCUT2D eigenvalue weighted by Crippen LogP contribution is -2.39. The molecule has 21 heavy (non-hydrogen) atoms. The smallest absolute Gasteiger partial charge is 0.340 e. The summed E-state index contributed by atoms with van der Waals surface area (Å²) in [6, 6.07) is 5.04. The van der Waals surface area contributed by atoms with Gasteiger partial charge in [0.15, 0.2) is 0 Å². The van der Waals surface area contributed by atoms with Crippen molar-refractivity contribution < 1.29 is 14.3 Å². The zero-order chi connectivity index (χ0) is 15.2. The van der Waals surface area contributed by atoms with Gasteiger partial charge in [-0.2, -0.15) is 0 Å². The SMILES string of the molecule is COC(=O)c1cccc(NCC(=O)N2CCCCC2)c1N. The summed E-state index contributed by atoms with van der Waals surface area (Å²) >= 11 is 0. The van der Waals surface area contributed by atoms with Gasteiger partial charge in [-0.15, -0.1) is 0 Å². The Labute approximate surface area is 124 Å². The molecule has 114 valence electrons. The molecular weight excluding hydrogens is 270 g/mol. The first kappa shape index (κ1) is 15.2. The molecule has 0 saturated carbocycles.